The van der Waals surface area contributed by atoms with Gasteiger partial charge in [-0.05, 0) is 0 Å². The fourth-order valence-electron chi connectivity index (χ4n) is 0.225. The molecule has 0 fully saturated rings. The molecular weight excluding hydrogens is 125 g/mol. The van der Waals surface area contributed by atoms with Crippen molar-refractivity contribution >= 4 is 11.9 Å². The van der Waals surface area contributed by atoms with Crippen molar-refractivity contribution in [2.45, 2.75) is 6.92 Å². The Morgan fingerprint density at radius 1 is 1.56 bits per heavy atom. The topological polar surface area (TPSA) is 46.2 Å². The summed E-state index contributed by atoms with van der Waals surface area (Å²) >= 11 is 0. The van der Waals surface area contributed by atoms with Crippen LogP contribution in [0.1, 0.15) is 6.92 Å². The molecule has 1 amide bonds. The first kappa shape index (κ1) is 7.81. The summed E-state index contributed by atoms with van der Waals surface area (Å²) in [5.74, 6) is -0.340. The molecule has 9 heavy (non-hydrogen) atoms. The average Bonchev–Trinajstić information content (AvgIpc) is 1.63. The van der Waals surface area contributed by atoms with Crippen molar-refractivity contribution < 1.29 is 14.0 Å². The molecule has 0 aliphatic heterocycles. The molecule has 3 nitrogen and oxygen atoms in total. The lowest BCUT2D eigenvalue weighted by Gasteiger charge is -1.85. The van der Waals surface area contributed by atoms with Crippen molar-refractivity contribution in [1.82, 2.24) is 5.32 Å². The zero-order valence-electron chi connectivity index (χ0n) is 4.85. The summed E-state index contributed by atoms with van der Waals surface area (Å²) in [6.45, 7) is 1.26. The van der Waals surface area contributed by atoms with Crippen LogP contribution >= 0.6 is 0 Å². The molecule has 0 radical (unpaired) electrons. The summed E-state index contributed by atoms with van der Waals surface area (Å²) in [5, 5.41) is 2.10. The van der Waals surface area contributed by atoms with Crippen LogP contribution in [0.2, 0.25) is 0 Å². The second kappa shape index (κ2) is 3.77. The summed E-state index contributed by atoms with van der Waals surface area (Å²) in [6, 6.07) is -1.58. The predicted octanol–water partition coefficient (Wildman–Crippen LogP) is 0.132. The van der Waals surface area contributed by atoms with Crippen LogP contribution in [0.25, 0.3) is 0 Å². The second-order valence-electron chi connectivity index (χ2n) is 1.34. The van der Waals surface area contributed by atoms with Gasteiger partial charge in [0.15, 0.2) is 0 Å². The van der Waals surface area contributed by atoms with Crippen molar-refractivity contribution in [1.29, 1.82) is 0 Å². The molecule has 50 valence electrons. The van der Waals surface area contributed by atoms with E-state index in [-0.39, 0.29) is 5.91 Å². The highest BCUT2D eigenvalue weighted by Gasteiger charge is 1.86. The van der Waals surface area contributed by atoms with E-state index in [0.717, 1.165) is 6.20 Å². The van der Waals surface area contributed by atoms with Gasteiger partial charge >= 0.3 is 6.04 Å². The van der Waals surface area contributed by atoms with Gasteiger partial charge in [-0.25, -0.2) is 0 Å². The highest BCUT2D eigenvalue weighted by molar-refractivity contribution is 5.82. The molecule has 0 unspecified atom stereocenters. The van der Waals surface area contributed by atoms with E-state index in [4.69, 9.17) is 0 Å². The lowest BCUT2D eigenvalue weighted by atomic mass is 10.6. The normalized spacial score (nSPS) is 9.56. The molecule has 0 spiro atoms. The zero-order valence-corrected chi connectivity index (χ0v) is 4.85. The maximum absolute atomic E-state index is 11.3. The van der Waals surface area contributed by atoms with Crippen LogP contribution < -0.4 is 5.32 Å². The first-order valence-corrected chi connectivity index (χ1v) is 2.26. The molecule has 0 heterocycles. The summed E-state index contributed by atoms with van der Waals surface area (Å²) in [4.78, 5) is 19.5. The summed E-state index contributed by atoms with van der Waals surface area (Å²) in [6.07, 6.45) is 1.58. The van der Waals surface area contributed by atoms with Gasteiger partial charge < -0.3 is 5.32 Å². The fourth-order valence-corrected chi connectivity index (χ4v) is 0.225. The standard InChI is InChI=1S/C5H6FNO2/c1-4(8)7-3-2-5(6)9/h2-3H,1H3,(H,7,8)/b3-2-. The van der Waals surface area contributed by atoms with Gasteiger partial charge in [-0.15, -0.1) is 0 Å². The molecule has 1 N–H and O–H groups in total. The van der Waals surface area contributed by atoms with E-state index >= 15 is 0 Å². The molecule has 0 saturated carbocycles. The summed E-state index contributed by atoms with van der Waals surface area (Å²) in [5.41, 5.74) is 0. The summed E-state index contributed by atoms with van der Waals surface area (Å²) < 4.78 is 11.3. The largest absolute Gasteiger partial charge is 0.333 e. The Morgan fingerprint density at radius 3 is 2.44 bits per heavy atom. The molecular formula is C5H6FNO2. The molecule has 0 rings (SSSR count). The number of halogens is 1. The number of hydrogen-bond donors (Lipinski definition) is 1. The van der Waals surface area contributed by atoms with Gasteiger partial charge in [-0.2, -0.15) is 4.39 Å². The molecule has 0 saturated heterocycles. The second-order valence-corrected chi connectivity index (χ2v) is 1.34. The van der Waals surface area contributed by atoms with Crippen molar-refractivity contribution in [3.63, 3.8) is 0 Å². The smallest absolute Gasteiger partial charge is 0.326 e. The average molecular weight is 131 g/mol. The third kappa shape index (κ3) is 6.81. The monoisotopic (exact) mass is 131 g/mol. The van der Waals surface area contributed by atoms with E-state index in [1.165, 1.54) is 6.92 Å². The molecule has 0 atom stereocenters. The van der Waals surface area contributed by atoms with Crippen LogP contribution in [0, 0.1) is 0 Å². The molecule has 0 aromatic carbocycles. The van der Waals surface area contributed by atoms with E-state index in [1.807, 2.05) is 0 Å². The van der Waals surface area contributed by atoms with Gasteiger partial charge in [0.25, 0.3) is 0 Å². The van der Waals surface area contributed by atoms with Gasteiger partial charge in [0, 0.05) is 19.2 Å². The molecule has 0 aromatic heterocycles. The number of amides is 1. The molecule has 0 bridgehead atoms. The Labute approximate surface area is 51.5 Å². The Kier molecular flexibility index (Phi) is 3.27. The minimum atomic E-state index is -1.58. The van der Waals surface area contributed by atoms with Gasteiger partial charge in [0.2, 0.25) is 5.91 Å². The SMILES string of the molecule is CC(=O)N/C=C\C(=O)F. The minimum absolute atomic E-state index is 0.340. The van der Waals surface area contributed by atoms with Crippen LogP contribution in [0.15, 0.2) is 12.3 Å². The Hall–Kier alpha value is -1.19. The predicted molar refractivity (Wildman–Crippen MR) is 29.1 cm³/mol. The quantitative estimate of drug-likeness (QED) is 0.427. The number of carbonyl (C=O) groups excluding carboxylic acids is 2. The molecule has 4 heteroatoms. The molecule has 0 aliphatic rings. The number of allylic oxidation sites excluding steroid dienone is 1. The van der Waals surface area contributed by atoms with E-state index in [2.05, 4.69) is 5.32 Å². The lowest BCUT2D eigenvalue weighted by Crippen LogP contribution is -2.11. The third-order valence-corrected chi connectivity index (χ3v) is 0.501. The number of hydrogen-bond acceptors (Lipinski definition) is 2. The lowest BCUT2D eigenvalue weighted by molar-refractivity contribution is -0.124. The van der Waals surface area contributed by atoms with Gasteiger partial charge in [0.1, 0.15) is 0 Å². The van der Waals surface area contributed by atoms with Crippen LogP contribution in [0.5, 0.6) is 0 Å². The van der Waals surface area contributed by atoms with E-state index in [9.17, 15) is 14.0 Å². The van der Waals surface area contributed by atoms with Crippen molar-refractivity contribution in [2.24, 2.45) is 0 Å². The maximum atomic E-state index is 11.3. The molecule has 0 aromatic rings. The van der Waals surface area contributed by atoms with Crippen molar-refractivity contribution in [3.05, 3.63) is 12.3 Å². The van der Waals surface area contributed by atoms with E-state index in [0.29, 0.717) is 6.08 Å². The Balaban J connectivity index is 3.48. The van der Waals surface area contributed by atoms with Crippen LogP contribution in [-0.2, 0) is 9.59 Å². The maximum Gasteiger partial charge on any atom is 0.326 e. The highest BCUT2D eigenvalue weighted by atomic mass is 19.1. The molecule has 0 aliphatic carbocycles. The fraction of sp³-hybridized carbons (Fsp3) is 0.200. The van der Waals surface area contributed by atoms with Crippen LogP contribution in [0.3, 0.4) is 0 Å². The third-order valence-electron chi connectivity index (χ3n) is 0.501. The van der Waals surface area contributed by atoms with Gasteiger partial charge in [0.05, 0.1) is 0 Å². The minimum Gasteiger partial charge on any atom is -0.333 e. The van der Waals surface area contributed by atoms with Crippen molar-refractivity contribution in [2.75, 3.05) is 0 Å². The zero-order chi connectivity index (χ0) is 7.28. The highest BCUT2D eigenvalue weighted by Crippen LogP contribution is 1.73. The van der Waals surface area contributed by atoms with Crippen LogP contribution in [0.4, 0.5) is 4.39 Å². The number of nitrogens with one attached hydrogen (secondary N) is 1. The first-order valence-electron chi connectivity index (χ1n) is 2.26. The van der Waals surface area contributed by atoms with Crippen molar-refractivity contribution in [3.8, 4) is 0 Å². The number of rotatable bonds is 2. The Bertz CT molecular complexity index is 153. The van der Waals surface area contributed by atoms with E-state index in [1.54, 1.807) is 0 Å². The first-order chi connectivity index (χ1) is 4.13. The Morgan fingerprint density at radius 2 is 2.11 bits per heavy atom. The van der Waals surface area contributed by atoms with E-state index < -0.39 is 6.04 Å². The van der Waals surface area contributed by atoms with Gasteiger partial charge in [-0.1, -0.05) is 0 Å². The van der Waals surface area contributed by atoms with Crippen LogP contribution in [-0.4, -0.2) is 11.9 Å². The summed E-state index contributed by atoms with van der Waals surface area (Å²) in [7, 11) is 0. The number of carbonyl (C=O) groups is 2. The van der Waals surface area contributed by atoms with Gasteiger partial charge in [-0.3, -0.25) is 9.59 Å².